The highest BCUT2D eigenvalue weighted by Crippen LogP contribution is 2.34. The highest BCUT2D eigenvalue weighted by atomic mass is 35.5. The minimum absolute atomic E-state index is 0.141. The molecule has 0 bridgehead atoms. The van der Waals surface area contributed by atoms with Crippen LogP contribution in [0.1, 0.15) is 6.92 Å². The molecule has 0 aliphatic carbocycles. The summed E-state index contributed by atoms with van der Waals surface area (Å²) >= 11 is 17.8. The fourth-order valence-electron chi connectivity index (χ4n) is 1.98. The summed E-state index contributed by atoms with van der Waals surface area (Å²) in [5, 5.41) is 14.1. The van der Waals surface area contributed by atoms with Crippen molar-refractivity contribution in [3.05, 3.63) is 55.5 Å². The molecule has 0 saturated carbocycles. The number of anilines is 1. The average Bonchev–Trinajstić information content (AvgIpc) is 2.59. The van der Waals surface area contributed by atoms with Gasteiger partial charge in [0.15, 0.2) is 6.10 Å². The van der Waals surface area contributed by atoms with Crippen LogP contribution in [-0.4, -0.2) is 24.0 Å². The van der Waals surface area contributed by atoms with Crippen molar-refractivity contribution in [3.63, 3.8) is 0 Å². The molecule has 1 atom stereocenters. The molecule has 0 heterocycles. The van der Waals surface area contributed by atoms with Crippen LogP contribution in [-0.2, 0) is 4.79 Å². The number of carbonyl (C=O) groups is 1. The first-order valence-corrected chi connectivity index (χ1v) is 8.30. The third kappa shape index (κ3) is 4.69. The number of amides is 1. The van der Waals surface area contributed by atoms with E-state index in [0.717, 1.165) is 0 Å². The summed E-state index contributed by atoms with van der Waals surface area (Å²) in [7, 11) is 1.38. The second kappa shape index (κ2) is 8.44. The second-order valence-electron chi connectivity index (χ2n) is 5.09. The van der Waals surface area contributed by atoms with E-state index in [4.69, 9.17) is 44.3 Å². The summed E-state index contributed by atoms with van der Waals surface area (Å²) in [5.41, 5.74) is -0.0513. The number of hydrogen-bond acceptors (Lipinski definition) is 5. The number of ether oxygens (including phenoxy) is 2. The first-order valence-electron chi connectivity index (χ1n) is 7.17. The van der Waals surface area contributed by atoms with Crippen molar-refractivity contribution < 1.29 is 19.2 Å². The Bertz CT molecular complexity index is 860. The van der Waals surface area contributed by atoms with Crippen LogP contribution in [0.3, 0.4) is 0 Å². The maximum Gasteiger partial charge on any atom is 0.271 e. The van der Waals surface area contributed by atoms with E-state index in [0.29, 0.717) is 0 Å². The van der Waals surface area contributed by atoms with Crippen molar-refractivity contribution >= 4 is 52.1 Å². The number of methoxy groups -OCH3 is 1. The van der Waals surface area contributed by atoms with Gasteiger partial charge in [0.1, 0.15) is 11.5 Å². The van der Waals surface area contributed by atoms with Gasteiger partial charge >= 0.3 is 0 Å². The topological polar surface area (TPSA) is 90.7 Å². The van der Waals surface area contributed by atoms with Crippen molar-refractivity contribution in [1.29, 1.82) is 0 Å². The third-order valence-corrected chi connectivity index (χ3v) is 4.32. The average molecular weight is 420 g/mol. The van der Waals surface area contributed by atoms with Gasteiger partial charge in [0, 0.05) is 18.2 Å². The zero-order valence-corrected chi connectivity index (χ0v) is 15.9. The number of nitrogens with zero attached hydrogens (tertiary/aromatic N) is 1. The molecule has 138 valence electrons. The zero-order valence-electron chi connectivity index (χ0n) is 13.6. The third-order valence-electron chi connectivity index (χ3n) is 3.30. The summed E-state index contributed by atoms with van der Waals surface area (Å²) in [5.74, 6) is -0.121. The fourth-order valence-corrected chi connectivity index (χ4v) is 2.56. The Labute approximate surface area is 163 Å². The van der Waals surface area contributed by atoms with Gasteiger partial charge in [-0.2, -0.15) is 0 Å². The van der Waals surface area contributed by atoms with Crippen molar-refractivity contribution in [2.24, 2.45) is 0 Å². The summed E-state index contributed by atoms with van der Waals surface area (Å²) in [6.07, 6.45) is -0.978. The normalized spacial score (nSPS) is 11.6. The van der Waals surface area contributed by atoms with Crippen LogP contribution in [0.4, 0.5) is 11.4 Å². The Morgan fingerprint density at radius 2 is 1.77 bits per heavy atom. The molecule has 7 nitrogen and oxygen atoms in total. The van der Waals surface area contributed by atoms with Gasteiger partial charge in [0.25, 0.3) is 11.6 Å². The van der Waals surface area contributed by atoms with E-state index in [9.17, 15) is 14.9 Å². The smallest absolute Gasteiger partial charge is 0.271 e. The molecule has 0 fully saturated rings. The molecular weight excluding hydrogens is 407 g/mol. The Hall–Kier alpha value is -2.22. The number of benzene rings is 2. The lowest BCUT2D eigenvalue weighted by atomic mass is 10.2. The minimum Gasteiger partial charge on any atom is -0.495 e. The van der Waals surface area contributed by atoms with Gasteiger partial charge in [0.05, 0.1) is 32.8 Å². The van der Waals surface area contributed by atoms with E-state index in [2.05, 4.69) is 5.32 Å². The van der Waals surface area contributed by atoms with Crippen molar-refractivity contribution in [2.75, 3.05) is 12.4 Å². The van der Waals surface area contributed by atoms with Crippen LogP contribution in [0, 0.1) is 10.1 Å². The molecule has 2 aromatic carbocycles. The second-order valence-corrected chi connectivity index (χ2v) is 6.31. The van der Waals surface area contributed by atoms with Crippen LogP contribution in [0.2, 0.25) is 15.1 Å². The minimum atomic E-state index is -0.978. The van der Waals surface area contributed by atoms with Gasteiger partial charge in [-0.3, -0.25) is 14.9 Å². The van der Waals surface area contributed by atoms with E-state index in [1.54, 1.807) is 0 Å². The Morgan fingerprint density at radius 3 is 2.38 bits per heavy atom. The Balaban J connectivity index is 2.18. The molecule has 0 radical (unpaired) electrons. The SMILES string of the molecule is COc1ccc([N+](=O)[O-])cc1NC(=O)C(C)Oc1cc(Cl)c(Cl)cc1Cl. The molecule has 0 aromatic heterocycles. The van der Waals surface area contributed by atoms with Crippen LogP contribution < -0.4 is 14.8 Å². The van der Waals surface area contributed by atoms with Crippen LogP contribution >= 0.6 is 34.8 Å². The van der Waals surface area contributed by atoms with Gasteiger partial charge in [-0.1, -0.05) is 34.8 Å². The van der Waals surface area contributed by atoms with Gasteiger partial charge in [-0.25, -0.2) is 0 Å². The molecule has 10 heteroatoms. The van der Waals surface area contributed by atoms with Crippen LogP contribution in [0.15, 0.2) is 30.3 Å². The van der Waals surface area contributed by atoms with Gasteiger partial charge in [-0.05, 0) is 19.1 Å². The lowest BCUT2D eigenvalue weighted by Gasteiger charge is -2.17. The standard InChI is InChI=1S/C16H13Cl3N2O5/c1-8(26-15-7-11(18)10(17)6-12(15)19)16(22)20-13-5-9(21(23)24)3-4-14(13)25-2/h3-8H,1-2H3,(H,20,22). The molecule has 1 amide bonds. The predicted molar refractivity (Wildman–Crippen MR) is 99.8 cm³/mol. The maximum absolute atomic E-state index is 12.4. The predicted octanol–water partition coefficient (Wildman–Crippen LogP) is 4.97. The monoisotopic (exact) mass is 418 g/mol. The molecule has 2 aromatic rings. The van der Waals surface area contributed by atoms with Crippen molar-refractivity contribution in [1.82, 2.24) is 0 Å². The molecule has 1 unspecified atom stereocenters. The summed E-state index contributed by atoms with van der Waals surface area (Å²) in [6, 6.07) is 6.63. The lowest BCUT2D eigenvalue weighted by Crippen LogP contribution is -2.30. The fraction of sp³-hybridized carbons (Fsp3) is 0.188. The van der Waals surface area contributed by atoms with Crippen molar-refractivity contribution in [2.45, 2.75) is 13.0 Å². The highest BCUT2D eigenvalue weighted by molar-refractivity contribution is 6.43. The largest absolute Gasteiger partial charge is 0.495 e. The van der Waals surface area contributed by atoms with Crippen molar-refractivity contribution in [3.8, 4) is 11.5 Å². The number of rotatable bonds is 6. The molecular formula is C16H13Cl3N2O5. The van der Waals surface area contributed by atoms with Gasteiger partial charge in [-0.15, -0.1) is 0 Å². The maximum atomic E-state index is 12.4. The number of halogens is 3. The summed E-state index contributed by atoms with van der Waals surface area (Å²) in [6.45, 7) is 1.48. The zero-order chi connectivity index (χ0) is 19.4. The van der Waals surface area contributed by atoms with E-state index in [-0.39, 0.29) is 37.9 Å². The summed E-state index contributed by atoms with van der Waals surface area (Å²) in [4.78, 5) is 22.7. The van der Waals surface area contributed by atoms with E-state index >= 15 is 0 Å². The molecule has 0 aliphatic rings. The molecule has 0 saturated heterocycles. The number of carbonyl (C=O) groups excluding carboxylic acids is 1. The number of non-ortho nitro benzene ring substituents is 1. The molecule has 1 N–H and O–H groups in total. The first-order chi connectivity index (χ1) is 12.2. The first kappa shape index (κ1) is 20.1. The van der Waals surface area contributed by atoms with Gasteiger partial charge in [0.2, 0.25) is 0 Å². The molecule has 0 spiro atoms. The Morgan fingerprint density at radius 1 is 1.12 bits per heavy atom. The number of nitro groups is 1. The number of nitrogens with one attached hydrogen (secondary N) is 1. The van der Waals surface area contributed by atoms with Crippen LogP contribution in [0.25, 0.3) is 0 Å². The number of nitro benzene ring substituents is 1. The quantitative estimate of drug-likeness (QED) is 0.405. The van der Waals surface area contributed by atoms with Gasteiger partial charge < -0.3 is 14.8 Å². The van der Waals surface area contributed by atoms with E-state index < -0.39 is 16.9 Å². The Kier molecular flexibility index (Phi) is 6.52. The highest BCUT2D eigenvalue weighted by Gasteiger charge is 2.20. The molecule has 0 aliphatic heterocycles. The van der Waals surface area contributed by atoms with E-state index in [1.165, 1.54) is 44.4 Å². The van der Waals surface area contributed by atoms with Crippen LogP contribution in [0.5, 0.6) is 11.5 Å². The summed E-state index contributed by atoms with van der Waals surface area (Å²) < 4.78 is 10.6. The lowest BCUT2D eigenvalue weighted by molar-refractivity contribution is -0.384. The van der Waals surface area contributed by atoms with E-state index in [1.807, 2.05) is 0 Å². The molecule has 26 heavy (non-hydrogen) atoms. The molecule has 2 rings (SSSR count). The number of hydrogen-bond donors (Lipinski definition) is 1.